The molecule has 0 aliphatic carbocycles. The second-order valence-corrected chi connectivity index (χ2v) is 5.81. The lowest BCUT2D eigenvalue weighted by molar-refractivity contribution is 0.141. The van der Waals surface area contributed by atoms with Gasteiger partial charge in [-0.2, -0.15) is 0 Å². The van der Waals surface area contributed by atoms with E-state index in [1.165, 1.54) is 19.4 Å². The number of ether oxygens (including phenoxy) is 1. The summed E-state index contributed by atoms with van der Waals surface area (Å²) in [5.74, 6) is -0.881. The van der Waals surface area contributed by atoms with Crippen molar-refractivity contribution in [2.45, 2.75) is 24.4 Å². The summed E-state index contributed by atoms with van der Waals surface area (Å²) in [6.07, 6.45) is 1.22. The van der Waals surface area contributed by atoms with Gasteiger partial charge >= 0.3 is 0 Å². The predicted octanol–water partition coefficient (Wildman–Crippen LogP) is 0.924. The normalized spacial score (nSPS) is 12.7. The maximum atomic E-state index is 13.3. The SMILES string of the molecule is COCC(C)(C)NS(=O)(=O)c1ncccc1F. The maximum absolute atomic E-state index is 13.3. The van der Waals surface area contributed by atoms with E-state index in [1.807, 2.05) is 0 Å². The van der Waals surface area contributed by atoms with Gasteiger partial charge in [0.25, 0.3) is 10.0 Å². The molecule has 0 radical (unpaired) electrons. The Hall–Kier alpha value is -1.05. The number of halogens is 1. The fourth-order valence-corrected chi connectivity index (χ4v) is 2.78. The molecular weight excluding hydrogens is 247 g/mol. The van der Waals surface area contributed by atoms with Crippen LogP contribution in [0.15, 0.2) is 23.4 Å². The van der Waals surface area contributed by atoms with E-state index >= 15 is 0 Å². The van der Waals surface area contributed by atoms with Crippen LogP contribution < -0.4 is 4.72 Å². The van der Waals surface area contributed by atoms with Gasteiger partial charge in [0.15, 0.2) is 5.82 Å². The van der Waals surface area contributed by atoms with E-state index in [1.54, 1.807) is 13.8 Å². The molecule has 0 aliphatic heterocycles. The summed E-state index contributed by atoms with van der Waals surface area (Å²) in [5.41, 5.74) is -0.836. The minimum Gasteiger partial charge on any atom is -0.383 e. The molecule has 1 heterocycles. The maximum Gasteiger partial charge on any atom is 0.261 e. The molecule has 17 heavy (non-hydrogen) atoms. The van der Waals surface area contributed by atoms with Crippen LogP contribution in [0.2, 0.25) is 0 Å². The first kappa shape index (κ1) is 14.0. The lowest BCUT2D eigenvalue weighted by Gasteiger charge is -2.24. The number of sulfonamides is 1. The second-order valence-electron chi connectivity index (χ2n) is 4.21. The van der Waals surface area contributed by atoms with Gasteiger partial charge in [0.2, 0.25) is 5.03 Å². The zero-order valence-electron chi connectivity index (χ0n) is 9.90. The van der Waals surface area contributed by atoms with E-state index < -0.39 is 26.4 Å². The second kappa shape index (κ2) is 5.07. The lowest BCUT2D eigenvalue weighted by atomic mass is 10.1. The van der Waals surface area contributed by atoms with Crippen LogP contribution in [0.5, 0.6) is 0 Å². The molecule has 0 aromatic carbocycles. The standard InChI is InChI=1S/C10H15FN2O3S/c1-10(2,7-16-3)13-17(14,15)9-8(11)5-4-6-12-9/h4-6,13H,7H2,1-3H3. The number of nitrogens with zero attached hydrogens (tertiary/aromatic N) is 1. The van der Waals surface area contributed by atoms with Crippen molar-refractivity contribution in [3.63, 3.8) is 0 Å². The van der Waals surface area contributed by atoms with Crippen LogP contribution in [0.1, 0.15) is 13.8 Å². The van der Waals surface area contributed by atoms with Crippen LogP contribution >= 0.6 is 0 Å². The molecule has 0 saturated carbocycles. The highest BCUT2D eigenvalue weighted by Gasteiger charge is 2.29. The summed E-state index contributed by atoms with van der Waals surface area (Å²) < 4.78 is 44.3. The van der Waals surface area contributed by atoms with Crippen LogP contribution in [-0.4, -0.2) is 32.7 Å². The third-order valence-corrected chi connectivity index (χ3v) is 3.53. The molecule has 1 N–H and O–H groups in total. The van der Waals surface area contributed by atoms with Crippen molar-refractivity contribution in [2.24, 2.45) is 0 Å². The van der Waals surface area contributed by atoms with E-state index in [0.29, 0.717) is 0 Å². The molecule has 0 spiro atoms. The number of hydrogen-bond donors (Lipinski definition) is 1. The molecular formula is C10H15FN2O3S. The molecule has 0 atom stereocenters. The summed E-state index contributed by atoms with van der Waals surface area (Å²) in [5, 5.41) is -0.607. The molecule has 96 valence electrons. The molecule has 0 saturated heterocycles. The Labute approximate surface area is 100 Å². The fraction of sp³-hybridized carbons (Fsp3) is 0.500. The van der Waals surface area contributed by atoms with E-state index in [0.717, 1.165) is 6.07 Å². The van der Waals surface area contributed by atoms with Crippen LogP contribution in [-0.2, 0) is 14.8 Å². The Morgan fingerprint density at radius 1 is 1.53 bits per heavy atom. The van der Waals surface area contributed by atoms with Gasteiger partial charge < -0.3 is 4.74 Å². The Balaban J connectivity index is 3.02. The molecule has 1 rings (SSSR count). The Morgan fingerprint density at radius 3 is 2.71 bits per heavy atom. The number of hydrogen-bond acceptors (Lipinski definition) is 4. The minimum absolute atomic E-state index is 0.167. The highest BCUT2D eigenvalue weighted by molar-refractivity contribution is 7.89. The first-order valence-electron chi connectivity index (χ1n) is 4.92. The molecule has 0 fully saturated rings. The average Bonchev–Trinajstić information content (AvgIpc) is 2.15. The molecule has 1 aromatic heterocycles. The molecule has 0 bridgehead atoms. The fourth-order valence-electron chi connectivity index (χ4n) is 1.37. The Kier molecular flexibility index (Phi) is 4.18. The molecule has 0 amide bonds. The Morgan fingerprint density at radius 2 is 2.18 bits per heavy atom. The van der Waals surface area contributed by atoms with Crippen LogP contribution in [0.3, 0.4) is 0 Å². The highest BCUT2D eigenvalue weighted by Crippen LogP contribution is 2.13. The molecule has 5 nitrogen and oxygen atoms in total. The van der Waals surface area contributed by atoms with Gasteiger partial charge in [-0.15, -0.1) is 0 Å². The van der Waals surface area contributed by atoms with Crippen molar-refractivity contribution < 1.29 is 17.5 Å². The van der Waals surface area contributed by atoms with Gasteiger partial charge in [-0.25, -0.2) is 22.5 Å². The summed E-state index contributed by atoms with van der Waals surface area (Å²) in [4.78, 5) is 3.53. The number of rotatable bonds is 5. The van der Waals surface area contributed by atoms with Gasteiger partial charge in [-0.1, -0.05) is 0 Å². The quantitative estimate of drug-likeness (QED) is 0.857. The lowest BCUT2D eigenvalue weighted by Crippen LogP contribution is -2.47. The van der Waals surface area contributed by atoms with E-state index in [-0.39, 0.29) is 6.61 Å². The van der Waals surface area contributed by atoms with Gasteiger partial charge in [0.05, 0.1) is 12.1 Å². The minimum atomic E-state index is -3.99. The highest BCUT2D eigenvalue weighted by atomic mass is 32.2. The first-order chi connectivity index (χ1) is 7.78. The van der Waals surface area contributed by atoms with Crippen molar-refractivity contribution in [3.05, 3.63) is 24.1 Å². The number of nitrogens with one attached hydrogen (secondary N) is 1. The van der Waals surface area contributed by atoms with Crippen molar-refractivity contribution in [3.8, 4) is 0 Å². The summed E-state index contributed by atoms with van der Waals surface area (Å²) >= 11 is 0. The van der Waals surface area contributed by atoms with Crippen molar-refractivity contribution in [1.82, 2.24) is 9.71 Å². The van der Waals surface area contributed by atoms with E-state index in [9.17, 15) is 12.8 Å². The van der Waals surface area contributed by atoms with Crippen molar-refractivity contribution in [2.75, 3.05) is 13.7 Å². The molecule has 0 unspecified atom stereocenters. The van der Waals surface area contributed by atoms with Crippen LogP contribution in [0, 0.1) is 5.82 Å². The predicted molar refractivity (Wildman–Crippen MR) is 60.5 cm³/mol. The van der Waals surface area contributed by atoms with Crippen LogP contribution in [0.25, 0.3) is 0 Å². The third-order valence-electron chi connectivity index (χ3n) is 1.90. The zero-order valence-corrected chi connectivity index (χ0v) is 10.7. The summed E-state index contributed by atoms with van der Waals surface area (Å²) in [7, 11) is -2.53. The van der Waals surface area contributed by atoms with Crippen molar-refractivity contribution in [1.29, 1.82) is 0 Å². The number of pyridine rings is 1. The zero-order chi connectivity index (χ0) is 13.1. The Bertz CT molecular complexity index is 488. The number of aromatic nitrogens is 1. The topological polar surface area (TPSA) is 68.3 Å². The molecule has 7 heteroatoms. The summed E-state index contributed by atoms with van der Waals surface area (Å²) in [6.45, 7) is 3.43. The molecule has 0 aliphatic rings. The van der Waals surface area contributed by atoms with E-state index in [4.69, 9.17) is 4.74 Å². The van der Waals surface area contributed by atoms with Gasteiger partial charge in [0, 0.05) is 13.3 Å². The third kappa shape index (κ3) is 3.72. The van der Waals surface area contributed by atoms with Crippen LogP contribution in [0.4, 0.5) is 4.39 Å². The van der Waals surface area contributed by atoms with Crippen molar-refractivity contribution >= 4 is 10.0 Å². The molecule has 1 aromatic rings. The number of methoxy groups -OCH3 is 1. The van der Waals surface area contributed by atoms with Gasteiger partial charge in [0.1, 0.15) is 0 Å². The first-order valence-corrected chi connectivity index (χ1v) is 6.40. The van der Waals surface area contributed by atoms with Gasteiger partial charge in [-0.3, -0.25) is 0 Å². The van der Waals surface area contributed by atoms with E-state index in [2.05, 4.69) is 9.71 Å². The van der Waals surface area contributed by atoms with Gasteiger partial charge in [-0.05, 0) is 26.0 Å². The largest absolute Gasteiger partial charge is 0.383 e. The monoisotopic (exact) mass is 262 g/mol. The smallest absolute Gasteiger partial charge is 0.261 e. The summed E-state index contributed by atoms with van der Waals surface area (Å²) in [6, 6.07) is 2.37. The average molecular weight is 262 g/mol.